The van der Waals surface area contributed by atoms with Gasteiger partial charge in [-0.2, -0.15) is 10.4 Å². The lowest BCUT2D eigenvalue weighted by molar-refractivity contribution is 0.274. The van der Waals surface area contributed by atoms with Crippen molar-refractivity contribution in [3.63, 3.8) is 0 Å². The molecule has 8 heteroatoms. The molecule has 0 saturated carbocycles. The summed E-state index contributed by atoms with van der Waals surface area (Å²) in [6.07, 6.45) is 1.51. The minimum absolute atomic E-state index is 0.0662. The summed E-state index contributed by atoms with van der Waals surface area (Å²) >= 11 is 0. The summed E-state index contributed by atoms with van der Waals surface area (Å²) in [7, 11) is 1.53. The average Bonchev–Trinajstić information content (AvgIpc) is 2.73. The summed E-state index contributed by atoms with van der Waals surface area (Å²) in [4.78, 5) is 19.0. The van der Waals surface area contributed by atoms with Crippen LogP contribution >= 0.6 is 0 Å². The predicted octanol–water partition coefficient (Wildman–Crippen LogP) is 2.26. The number of benzene rings is 2. The smallest absolute Gasteiger partial charge is 0.270 e. The summed E-state index contributed by atoms with van der Waals surface area (Å²) in [5.41, 5.74) is 4.31. The van der Waals surface area contributed by atoms with Crippen molar-refractivity contribution in [2.75, 3.05) is 12.5 Å². The minimum Gasteiger partial charge on any atom is -0.496 e. The fraction of sp³-hybridized carbons (Fsp3) is 0.100. The van der Waals surface area contributed by atoms with E-state index in [1.165, 1.54) is 13.3 Å². The van der Waals surface area contributed by atoms with E-state index in [0.717, 1.165) is 5.56 Å². The van der Waals surface area contributed by atoms with E-state index < -0.39 is 5.56 Å². The predicted molar refractivity (Wildman–Crippen MR) is 105 cm³/mol. The molecule has 1 aromatic heterocycles. The Hall–Kier alpha value is -3.96. The number of aliphatic hydroxyl groups excluding tert-OH is 1. The molecule has 0 radical (unpaired) electrons. The molecule has 0 amide bonds. The monoisotopic (exact) mass is 375 g/mol. The highest BCUT2D eigenvalue weighted by molar-refractivity contribution is 5.80. The maximum absolute atomic E-state index is 12.2. The highest BCUT2D eigenvalue weighted by atomic mass is 16.5. The standard InChI is InChI=1S/C20H17N5O3/c1-28-17-8-7-13(9-15(17)12-26)11-22-25-20-23-18(14-5-3-2-4-6-14)16(10-21)19(27)24-20/h2-9,11,26H,12H2,1H3,(H2,23,24,25,27). The van der Waals surface area contributed by atoms with E-state index in [9.17, 15) is 15.2 Å². The van der Waals surface area contributed by atoms with Crippen molar-refractivity contribution < 1.29 is 9.84 Å². The maximum Gasteiger partial charge on any atom is 0.270 e. The summed E-state index contributed by atoms with van der Waals surface area (Å²) in [5, 5.41) is 22.7. The van der Waals surface area contributed by atoms with Crippen LogP contribution in [0.5, 0.6) is 5.75 Å². The number of H-pyrrole nitrogens is 1. The number of nitriles is 1. The van der Waals surface area contributed by atoms with Gasteiger partial charge in [0.2, 0.25) is 5.95 Å². The number of hydrogen-bond acceptors (Lipinski definition) is 7. The van der Waals surface area contributed by atoms with Crippen LogP contribution in [0.15, 0.2) is 58.4 Å². The summed E-state index contributed by atoms with van der Waals surface area (Å²) < 4.78 is 5.16. The van der Waals surface area contributed by atoms with Gasteiger partial charge in [0.25, 0.3) is 5.56 Å². The van der Waals surface area contributed by atoms with Crippen molar-refractivity contribution in [1.82, 2.24) is 9.97 Å². The molecule has 0 unspecified atom stereocenters. The third-order valence-corrected chi connectivity index (χ3v) is 3.94. The van der Waals surface area contributed by atoms with Crippen molar-refractivity contribution in [2.45, 2.75) is 6.61 Å². The molecule has 140 valence electrons. The summed E-state index contributed by atoms with van der Waals surface area (Å²) in [6, 6.07) is 16.1. The topological polar surface area (TPSA) is 123 Å². The molecule has 0 fully saturated rings. The number of ether oxygens (including phenoxy) is 1. The van der Waals surface area contributed by atoms with E-state index in [2.05, 4.69) is 20.5 Å². The lowest BCUT2D eigenvalue weighted by Gasteiger charge is -2.07. The fourth-order valence-corrected chi connectivity index (χ4v) is 2.61. The normalized spacial score (nSPS) is 10.6. The number of anilines is 1. The second-order valence-electron chi connectivity index (χ2n) is 5.72. The molecule has 0 bridgehead atoms. The van der Waals surface area contributed by atoms with Crippen LogP contribution in [0.25, 0.3) is 11.3 Å². The number of nitrogens with one attached hydrogen (secondary N) is 2. The molecule has 3 N–H and O–H groups in total. The summed E-state index contributed by atoms with van der Waals surface area (Å²) in [6.45, 7) is -0.163. The van der Waals surface area contributed by atoms with Crippen LogP contribution in [0.4, 0.5) is 5.95 Å². The Morgan fingerprint density at radius 2 is 2.11 bits per heavy atom. The van der Waals surface area contributed by atoms with Crippen LogP contribution < -0.4 is 15.7 Å². The second-order valence-corrected chi connectivity index (χ2v) is 5.72. The first-order valence-corrected chi connectivity index (χ1v) is 8.33. The molecule has 0 aliphatic rings. The molecule has 2 aromatic carbocycles. The number of methoxy groups -OCH3 is 1. The van der Waals surface area contributed by atoms with E-state index in [-0.39, 0.29) is 23.8 Å². The molecular formula is C20H17N5O3. The van der Waals surface area contributed by atoms with Gasteiger partial charge >= 0.3 is 0 Å². The first kappa shape index (κ1) is 18.8. The van der Waals surface area contributed by atoms with Gasteiger partial charge in [0.1, 0.15) is 17.4 Å². The minimum atomic E-state index is -0.555. The van der Waals surface area contributed by atoms with E-state index in [1.54, 1.807) is 42.5 Å². The first-order valence-electron chi connectivity index (χ1n) is 8.33. The first-order chi connectivity index (χ1) is 13.7. The van der Waals surface area contributed by atoms with Crippen molar-refractivity contribution in [3.05, 3.63) is 75.6 Å². The van der Waals surface area contributed by atoms with E-state index >= 15 is 0 Å². The zero-order valence-corrected chi connectivity index (χ0v) is 15.0. The van der Waals surface area contributed by atoms with Gasteiger partial charge in [-0.3, -0.25) is 9.78 Å². The quantitative estimate of drug-likeness (QED) is 0.448. The highest BCUT2D eigenvalue weighted by Gasteiger charge is 2.12. The molecular weight excluding hydrogens is 358 g/mol. The molecule has 0 atom stereocenters. The van der Waals surface area contributed by atoms with Gasteiger partial charge in [0.05, 0.1) is 25.6 Å². The fourth-order valence-electron chi connectivity index (χ4n) is 2.61. The second kappa shape index (κ2) is 8.62. The zero-order chi connectivity index (χ0) is 19.9. The third-order valence-electron chi connectivity index (χ3n) is 3.94. The van der Waals surface area contributed by atoms with Crippen LogP contribution in [-0.2, 0) is 6.61 Å². The van der Waals surface area contributed by atoms with Crippen molar-refractivity contribution in [3.8, 4) is 23.1 Å². The molecule has 28 heavy (non-hydrogen) atoms. The van der Waals surface area contributed by atoms with Crippen LogP contribution in [0, 0.1) is 11.3 Å². The lowest BCUT2D eigenvalue weighted by atomic mass is 10.1. The molecule has 3 rings (SSSR count). The van der Waals surface area contributed by atoms with Crippen molar-refractivity contribution >= 4 is 12.2 Å². The van der Waals surface area contributed by atoms with Gasteiger partial charge in [0, 0.05) is 11.1 Å². The number of hydrogen-bond donors (Lipinski definition) is 3. The molecule has 8 nitrogen and oxygen atoms in total. The van der Waals surface area contributed by atoms with Gasteiger partial charge in [0.15, 0.2) is 0 Å². The molecule has 1 heterocycles. The SMILES string of the molecule is COc1ccc(C=NNc2nc(-c3ccccc3)c(C#N)c(=O)[nH]2)cc1CO. The molecule has 0 aliphatic carbocycles. The number of hydrazone groups is 1. The Morgan fingerprint density at radius 3 is 2.79 bits per heavy atom. The van der Waals surface area contributed by atoms with Gasteiger partial charge < -0.3 is 9.84 Å². The molecule has 0 spiro atoms. The maximum atomic E-state index is 12.2. The van der Waals surface area contributed by atoms with Gasteiger partial charge in [-0.15, -0.1) is 0 Å². The van der Waals surface area contributed by atoms with Crippen LogP contribution in [0.1, 0.15) is 16.7 Å². The van der Waals surface area contributed by atoms with E-state index in [0.29, 0.717) is 16.9 Å². The number of rotatable bonds is 6. The Balaban J connectivity index is 1.87. The van der Waals surface area contributed by atoms with Gasteiger partial charge in [-0.25, -0.2) is 10.4 Å². The Bertz CT molecular complexity index is 1100. The van der Waals surface area contributed by atoms with Gasteiger partial charge in [-0.05, 0) is 23.8 Å². The Kier molecular flexibility index (Phi) is 5.79. The molecule has 3 aromatic rings. The van der Waals surface area contributed by atoms with Crippen molar-refractivity contribution in [2.24, 2.45) is 5.10 Å². The van der Waals surface area contributed by atoms with E-state index in [1.807, 2.05) is 12.1 Å². The number of aromatic nitrogens is 2. The Morgan fingerprint density at radius 1 is 1.32 bits per heavy atom. The van der Waals surface area contributed by atoms with Crippen LogP contribution in [0.2, 0.25) is 0 Å². The number of aliphatic hydroxyl groups is 1. The van der Waals surface area contributed by atoms with Crippen molar-refractivity contribution in [1.29, 1.82) is 5.26 Å². The molecule has 0 saturated heterocycles. The number of aromatic amines is 1. The number of nitrogens with zero attached hydrogens (tertiary/aromatic N) is 3. The molecule has 0 aliphatic heterocycles. The average molecular weight is 375 g/mol. The van der Waals surface area contributed by atoms with E-state index in [4.69, 9.17) is 4.74 Å². The van der Waals surface area contributed by atoms with Gasteiger partial charge in [-0.1, -0.05) is 30.3 Å². The van der Waals surface area contributed by atoms with Crippen LogP contribution in [-0.4, -0.2) is 28.4 Å². The Labute approximate surface area is 160 Å². The largest absolute Gasteiger partial charge is 0.496 e. The highest BCUT2D eigenvalue weighted by Crippen LogP contribution is 2.20. The summed E-state index contributed by atoms with van der Waals surface area (Å²) in [5.74, 6) is 0.688. The zero-order valence-electron chi connectivity index (χ0n) is 15.0. The lowest BCUT2D eigenvalue weighted by Crippen LogP contribution is -2.16. The third kappa shape index (κ3) is 4.06. The van der Waals surface area contributed by atoms with Crippen LogP contribution in [0.3, 0.4) is 0 Å².